The second-order valence-corrected chi connectivity index (χ2v) is 4.72. The molecular weight excluding hydrogens is 196 g/mol. The van der Waals surface area contributed by atoms with E-state index in [1.165, 1.54) is 6.42 Å². The summed E-state index contributed by atoms with van der Waals surface area (Å²) in [4.78, 5) is 5.55. The van der Waals surface area contributed by atoms with Crippen LogP contribution in [0.5, 0.6) is 0 Å². The molecule has 0 aliphatic carbocycles. The van der Waals surface area contributed by atoms with Gasteiger partial charge in [0.15, 0.2) is 0 Å². The molecule has 80 valence electrons. The highest BCUT2D eigenvalue weighted by molar-refractivity contribution is 8.03. The zero-order chi connectivity index (χ0) is 10.4. The average Bonchev–Trinajstić information content (AvgIpc) is 2.29. The van der Waals surface area contributed by atoms with E-state index in [1.54, 1.807) is 18.0 Å². The summed E-state index contributed by atoms with van der Waals surface area (Å²) < 4.78 is 0. The number of thioether (sulfide) groups is 1. The minimum Gasteiger partial charge on any atom is -0.291 e. The zero-order valence-corrected chi connectivity index (χ0v) is 9.60. The smallest absolute Gasteiger partial charge is 0.0872 e. The normalized spacial score (nSPS) is 31.5. The largest absolute Gasteiger partial charge is 0.291 e. The summed E-state index contributed by atoms with van der Waals surface area (Å²) in [6, 6.07) is 0.407. The molecule has 0 spiro atoms. The summed E-state index contributed by atoms with van der Waals surface area (Å²) in [6.45, 7) is 4.15. The van der Waals surface area contributed by atoms with Crippen molar-refractivity contribution < 1.29 is 5.21 Å². The Hall–Kier alpha value is -0.480. The Morgan fingerprint density at radius 1 is 1.71 bits per heavy atom. The molecule has 1 atom stereocenters. The third-order valence-corrected chi connectivity index (χ3v) is 3.53. The third kappa shape index (κ3) is 3.35. The topological polar surface area (TPSA) is 44.6 Å². The van der Waals surface area contributed by atoms with Crippen molar-refractivity contribution in [1.82, 2.24) is 5.48 Å². The first-order valence-corrected chi connectivity index (χ1v) is 6.03. The Bertz CT molecular complexity index is 238. The minimum atomic E-state index is 0.407. The van der Waals surface area contributed by atoms with Gasteiger partial charge in [-0.2, -0.15) is 0 Å². The molecule has 4 heteroatoms. The second-order valence-electron chi connectivity index (χ2n) is 3.41. The molecule has 0 saturated heterocycles. The number of rotatable bonds is 2. The standard InChI is InChI=1S/C10H18N2OS/c1-3-9-5-4-6-14-8(2)10(12-13)7-11-9/h7,9,12-13H,3-6H2,1-2H3/b10-8-,11-7-. The van der Waals surface area contributed by atoms with Gasteiger partial charge in [0.05, 0.1) is 5.70 Å². The summed E-state index contributed by atoms with van der Waals surface area (Å²) in [5, 5.41) is 8.92. The van der Waals surface area contributed by atoms with Gasteiger partial charge in [0.1, 0.15) is 0 Å². The van der Waals surface area contributed by atoms with Crippen molar-refractivity contribution in [2.75, 3.05) is 5.75 Å². The van der Waals surface area contributed by atoms with Gasteiger partial charge in [-0.25, -0.2) is 0 Å². The van der Waals surface area contributed by atoms with E-state index in [2.05, 4.69) is 17.4 Å². The Morgan fingerprint density at radius 2 is 2.50 bits per heavy atom. The number of nitrogens with zero attached hydrogens (tertiary/aromatic N) is 1. The number of hydrogen-bond donors (Lipinski definition) is 2. The van der Waals surface area contributed by atoms with Gasteiger partial charge < -0.3 is 0 Å². The molecule has 0 aromatic carbocycles. The van der Waals surface area contributed by atoms with Crippen LogP contribution in [-0.2, 0) is 0 Å². The van der Waals surface area contributed by atoms with Gasteiger partial charge in [-0.05, 0) is 31.9 Å². The molecular formula is C10H18N2OS. The lowest BCUT2D eigenvalue weighted by atomic mass is 10.1. The van der Waals surface area contributed by atoms with Gasteiger partial charge in [0, 0.05) is 17.2 Å². The van der Waals surface area contributed by atoms with Crippen LogP contribution in [0.2, 0.25) is 0 Å². The molecule has 1 aliphatic rings. The molecule has 1 unspecified atom stereocenters. The van der Waals surface area contributed by atoms with Gasteiger partial charge in [0.25, 0.3) is 0 Å². The van der Waals surface area contributed by atoms with Crippen LogP contribution in [0.15, 0.2) is 15.6 Å². The summed E-state index contributed by atoms with van der Waals surface area (Å²) in [5.41, 5.74) is 2.94. The fourth-order valence-electron chi connectivity index (χ4n) is 1.38. The summed E-state index contributed by atoms with van der Waals surface area (Å²) in [7, 11) is 0. The average molecular weight is 214 g/mol. The first kappa shape index (κ1) is 11.6. The summed E-state index contributed by atoms with van der Waals surface area (Å²) in [5.74, 6) is 1.11. The van der Waals surface area contributed by atoms with E-state index >= 15 is 0 Å². The first-order valence-electron chi connectivity index (χ1n) is 5.05. The van der Waals surface area contributed by atoms with E-state index < -0.39 is 0 Å². The molecule has 0 radical (unpaired) electrons. The highest BCUT2D eigenvalue weighted by Gasteiger charge is 2.07. The quantitative estimate of drug-likeness (QED) is 0.694. The molecule has 0 fully saturated rings. The molecule has 14 heavy (non-hydrogen) atoms. The number of aliphatic imine (C=N–C) groups is 1. The molecule has 0 saturated carbocycles. The maximum Gasteiger partial charge on any atom is 0.0872 e. The highest BCUT2D eigenvalue weighted by atomic mass is 32.2. The minimum absolute atomic E-state index is 0.407. The van der Waals surface area contributed by atoms with Crippen LogP contribution in [0.3, 0.4) is 0 Å². The van der Waals surface area contributed by atoms with Crippen LogP contribution in [0, 0.1) is 0 Å². The molecule has 0 aromatic heterocycles. The molecule has 0 amide bonds. The summed E-state index contributed by atoms with van der Waals surface area (Å²) in [6.07, 6.45) is 5.16. The lowest BCUT2D eigenvalue weighted by molar-refractivity contribution is 0.207. The Labute approximate surface area is 89.6 Å². The van der Waals surface area contributed by atoms with E-state index in [-0.39, 0.29) is 0 Å². The second kappa shape index (κ2) is 6.09. The molecule has 1 rings (SSSR count). The van der Waals surface area contributed by atoms with Gasteiger partial charge in [-0.3, -0.25) is 15.7 Å². The predicted octanol–water partition coefficient (Wildman–Crippen LogP) is 2.57. The van der Waals surface area contributed by atoms with Gasteiger partial charge in [0.2, 0.25) is 0 Å². The molecule has 3 nitrogen and oxygen atoms in total. The Balaban J connectivity index is 2.75. The molecule has 2 N–H and O–H groups in total. The molecule has 1 aliphatic heterocycles. The van der Waals surface area contributed by atoms with Crippen LogP contribution in [0.1, 0.15) is 33.1 Å². The van der Waals surface area contributed by atoms with Crippen molar-refractivity contribution in [3.05, 3.63) is 10.6 Å². The van der Waals surface area contributed by atoms with E-state index in [0.717, 1.165) is 29.2 Å². The maximum absolute atomic E-state index is 8.92. The van der Waals surface area contributed by atoms with E-state index in [4.69, 9.17) is 5.21 Å². The van der Waals surface area contributed by atoms with E-state index in [1.807, 2.05) is 6.92 Å². The number of nitrogens with one attached hydrogen (secondary N) is 1. The van der Waals surface area contributed by atoms with Crippen molar-refractivity contribution in [1.29, 1.82) is 0 Å². The number of hydroxylamine groups is 1. The fraction of sp³-hybridized carbons (Fsp3) is 0.700. The van der Waals surface area contributed by atoms with Crippen LogP contribution in [0.4, 0.5) is 0 Å². The van der Waals surface area contributed by atoms with Crippen molar-refractivity contribution in [3.8, 4) is 0 Å². The van der Waals surface area contributed by atoms with Crippen LogP contribution < -0.4 is 5.48 Å². The lowest BCUT2D eigenvalue weighted by Gasteiger charge is -2.07. The van der Waals surface area contributed by atoms with Crippen molar-refractivity contribution >= 4 is 18.0 Å². The van der Waals surface area contributed by atoms with Gasteiger partial charge in [-0.15, -0.1) is 11.8 Å². The Kier molecular flexibility index (Phi) is 5.04. The van der Waals surface area contributed by atoms with Crippen LogP contribution in [-0.4, -0.2) is 23.2 Å². The number of hydrogen-bond acceptors (Lipinski definition) is 4. The van der Waals surface area contributed by atoms with Crippen molar-refractivity contribution in [2.24, 2.45) is 4.99 Å². The van der Waals surface area contributed by atoms with E-state index in [0.29, 0.717) is 6.04 Å². The summed E-state index contributed by atoms with van der Waals surface area (Å²) >= 11 is 1.78. The van der Waals surface area contributed by atoms with E-state index in [9.17, 15) is 0 Å². The van der Waals surface area contributed by atoms with Gasteiger partial charge in [-0.1, -0.05) is 6.92 Å². The maximum atomic E-state index is 8.92. The fourth-order valence-corrected chi connectivity index (χ4v) is 2.26. The number of allylic oxidation sites excluding steroid dienone is 2. The first-order chi connectivity index (χ1) is 6.77. The zero-order valence-electron chi connectivity index (χ0n) is 8.79. The van der Waals surface area contributed by atoms with Crippen LogP contribution >= 0.6 is 11.8 Å². The predicted molar refractivity (Wildman–Crippen MR) is 61.9 cm³/mol. The molecule has 0 bridgehead atoms. The van der Waals surface area contributed by atoms with Crippen LogP contribution in [0.25, 0.3) is 0 Å². The Morgan fingerprint density at radius 3 is 3.14 bits per heavy atom. The molecule has 1 heterocycles. The lowest BCUT2D eigenvalue weighted by Crippen LogP contribution is -2.11. The monoisotopic (exact) mass is 214 g/mol. The third-order valence-electron chi connectivity index (χ3n) is 2.39. The molecule has 0 aromatic rings. The van der Waals surface area contributed by atoms with Crippen molar-refractivity contribution in [2.45, 2.75) is 39.2 Å². The highest BCUT2D eigenvalue weighted by Crippen LogP contribution is 2.21. The van der Waals surface area contributed by atoms with Crippen molar-refractivity contribution in [3.63, 3.8) is 0 Å². The van der Waals surface area contributed by atoms with Gasteiger partial charge >= 0.3 is 0 Å². The SMILES string of the molecule is CCC1CCCS/C(C)=C(NO)/C=N\1.